The summed E-state index contributed by atoms with van der Waals surface area (Å²) in [5.41, 5.74) is 4.61. The van der Waals surface area contributed by atoms with Gasteiger partial charge in [0.15, 0.2) is 0 Å². The lowest BCUT2D eigenvalue weighted by Gasteiger charge is -2.32. The van der Waals surface area contributed by atoms with E-state index in [1.54, 1.807) is 0 Å². The molecule has 8 aromatic carbocycles. The fourth-order valence-electron chi connectivity index (χ4n) is 8.99. The van der Waals surface area contributed by atoms with E-state index in [-0.39, 0.29) is 5.41 Å². The standard InChI is InChI=1S/C57H56O2P2/c1-5-58-55-39-37-47(41-45(55)43-60(49-25-13-7-14-26-49,50-27-15-8-16-28-50)51-29-17-9-18-30-51)57(3,4)48-38-40-56(59-6-2)46(42-48)44-61(52-31-19-10-20-32-52,53-33-21-11-22-34-53)54-35-23-12-24-36-54/h7-42H,5-6,43-44H2,1-4H3/q+2. The normalized spacial score (nSPS) is 11.9. The average molecular weight is 835 g/mol. The molecule has 4 heteroatoms. The molecule has 0 saturated carbocycles. The van der Waals surface area contributed by atoms with E-state index in [4.69, 9.17) is 9.47 Å². The molecule has 0 radical (unpaired) electrons. The van der Waals surface area contributed by atoms with Crippen LogP contribution in [0.2, 0.25) is 0 Å². The molecule has 0 unspecified atom stereocenters. The second-order valence-corrected chi connectivity index (χ2v) is 23.1. The molecule has 0 N–H and O–H groups in total. The van der Waals surface area contributed by atoms with Crippen molar-refractivity contribution in [1.82, 2.24) is 0 Å². The Bertz CT molecular complexity index is 2240. The highest BCUT2D eigenvalue weighted by molar-refractivity contribution is 7.95. The second kappa shape index (κ2) is 18.9. The third-order valence-corrected chi connectivity index (χ3v) is 20.9. The van der Waals surface area contributed by atoms with E-state index in [2.05, 4.69) is 246 Å². The largest absolute Gasteiger partial charge is 0.493 e. The van der Waals surface area contributed by atoms with Crippen molar-refractivity contribution in [3.05, 3.63) is 241 Å². The molecular formula is C57H56O2P2+2. The molecule has 0 fully saturated rings. The quantitative estimate of drug-likeness (QED) is 0.0903. The fourth-order valence-corrected chi connectivity index (χ4v) is 17.5. The zero-order chi connectivity index (χ0) is 42.1. The van der Waals surface area contributed by atoms with Gasteiger partial charge in [0, 0.05) is 16.5 Å². The lowest BCUT2D eigenvalue weighted by atomic mass is 9.77. The Balaban J connectivity index is 1.28. The number of hydrogen-bond donors (Lipinski definition) is 0. The summed E-state index contributed by atoms with van der Waals surface area (Å²) in [6, 6.07) is 80.8. The van der Waals surface area contributed by atoms with E-state index in [1.807, 2.05) is 0 Å². The van der Waals surface area contributed by atoms with Gasteiger partial charge in [-0.3, -0.25) is 0 Å². The first-order chi connectivity index (χ1) is 29.9. The summed E-state index contributed by atoms with van der Waals surface area (Å²) in [6.07, 6.45) is 1.66. The molecule has 8 aromatic rings. The van der Waals surface area contributed by atoms with Gasteiger partial charge >= 0.3 is 0 Å². The van der Waals surface area contributed by atoms with Gasteiger partial charge in [-0.05, 0) is 122 Å². The first-order valence-electron chi connectivity index (χ1n) is 21.5. The van der Waals surface area contributed by atoms with Crippen LogP contribution in [0.1, 0.15) is 49.9 Å². The Labute approximate surface area is 365 Å². The number of rotatable bonds is 16. The van der Waals surface area contributed by atoms with E-state index in [0.29, 0.717) is 13.2 Å². The summed E-state index contributed by atoms with van der Waals surface area (Å²) in [5.74, 6) is 1.90. The van der Waals surface area contributed by atoms with Crippen LogP contribution in [0, 0.1) is 0 Å². The third kappa shape index (κ3) is 8.46. The highest BCUT2D eigenvalue weighted by atomic mass is 31.2. The Morgan fingerprint density at radius 3 is 0.820 bits per heavy atom. The zero-order valence-electron chi connectivity index (χ0n) is 35.8. The predicted molar refractivity (Wildman–Crippen MR) is 265 cm³/mol. The van der Waals surface area contributed by atoms with E-state index < -0.39 is 14.5 Å². The number of hydrogen-bond acceptors (Lipinski definition) is 2. The molecule has 0 heterocycles. The van der Waals surface area contributed by atoms with Crippen molar-refractivity contribution >= 4 is 46.4 Å². The highest BCUT2D eigenvalue weighted by Gasteiger charge is 2.48. The molecule has 0 aliphatic rings. The molecule has 0 aliphatic carbocycles. The van der Waals surface area contributed by atoms with Crippen molar-refractivity contribution in [2.24, 2.45) is 0 Å². The maximum absolute atomic E-state index is 6.51. The predicted octanol–water partition coefficient (Wildman–Crippen LogP) is 11.8. The van der Waals surface area contributed by atoms with Crippen LogP contribution in [-0.2, 0) is 17.7 Å². The van der Waals surface area contributed by atoms with Crippen LogP contribution >= 0.6 is 14.5 Å². The van der Waals surface area contributed by atoms with Crippen LogP contribution in [0.3, 0.4) is 0 Å². The minimum Gasteiger partial charge on any atom is -0.493 e. The monoisotopic (exact) mass is 834 g/mol. The van der Waals surface area contributed by atoms with Gasteiger partial charge in [-0.15, -0.1) is 0 Å². The van der Waals surface area contributed by atoms with Crippen LogP contribution in [-0.4, -0.2) is 13.2 Å². The molecular weight excluding hydrogens is 779 g/mol. The lowest BCUT2D eigenvalue weighted by Crippen LogP contribution is -2.33. The van der Waals surface area contributed by atoms with Crippen molar-refractivity contribution in [2.45, 2.75) is 45.4 Å². The SMILES string of the molecule is CCOc1ccc(C(C)(C)c2ccc(OCC)c(C[P+](c3ccccc3)(c3ccccc3)c3ccccc3)c2)cc1C[P+](c1ccccc1)(c1ccccc1)c1ccccc1. The molecule has 0 aliphatic heterocycles. The smallest absolute Gasteiger partial charge is 0.126 e. The van der Waals surface area contributed by atoms with Gasteiger partial charge in [0.05, 0.1) is 13.2 Å². The first kappa shape index (κ1) is 41.9. The van der Waals surface area contributed by atoms with Crippen molar-refractivity contribution < 1.29 is 9.47 Å². The molecule has 2 nitrogen and oxygen atoms in total. The van der Waals surface area contributed by atoms with Gasteiger partial charge in [-0.25, -0.2) is 0 Å². The van der Waals surface area contributed by atoms with Gasteiger partial charge in [0.1, 0.15) is 70.2 Å². The van der Waals surface area contributed by atoms with Gasteiger partial charge < -0.3 is 9.47 Å². The van der Waals surface area contributed by atoms with Crippen molar-refractivity contribution in [3.8, 4) is 11.5 Å². The van der Waals surface area contributed by atoms with Crippen LogP contribution in [0.15, 0.2) is 218 Å². The maximum Gasteiger partial charge on any atom is 0.126 e. The summed E-state index contributed by atoms with van der Waals surface area (Å²) < 4.78 is 13.0. The molecule has 0 atom stereocenters. The second-order valence-electron chi connectivity index (χ2n) is 16.1. The third-order valence-electron chi connectivity index (χ3n) is 12.2. The van der Waals surface area contributed by atoms with E-state index in [9.17, 15) is 0 Å². The molecule has 0 bridgehead atoms. The van der Waals surface area contributed by atoms with Gasteiger partial charge in [0.25, 0.3) is 0 Å². The van der Waals surface area contributed by atoms with Crippen molar-refractivity contribution in [3.63, 3.8) is 0 Å². The Kier molecular flexibility index (Phi) is 13.0. The van der Waals surface area contributed by atoms with Gasteiger partial charge in [-0.2, -0.15) is 0 Å². The first-order valence-corrected chi connectivity index (χ1v) is 25.5. The van der Waals surface area contributed by atoms with Crippen LogP contribution in [0.25, 0.3) is 0 Å². The highest BCUT2D eigenvalue weighted by Crippen LogP contribution is 2.61. The Morgan fingerprint density at radius 2 is 0.590 bits per heavy atom. The summed E-state index contributed by atoms with van der Waals surface area (Å²) in [7, 11) is -4.39. The minimum atomic E-state index is -2.20. The Morgan fingerprint density at radius 1 is 0.344 bits per heavy atom. The van der Waals surface area contributed by atoms with E-state index >= 15 is 0 Å². The van der Waals surface area contributed by atoms with Gasteiger partial charge in [-0.1, -0.05) is 135 Å². The average Bonchev–Trinajstić information content (AvgIpc) is 3.32. The zero-order valence-corrected chi connectivity index (χ0v) is 37.6. The molecule has 0 spiro atoms. The van der Waals surface area contributed by atoms with Crippen LogP contribution in [0.4, 0.5) is 0 Å². The molecule has 61 heavy (non-hydrogen) atoms. The van der Waals surface area contributed by atoms with Crippen molar-refractivity contribution in [2.75, 3.05) is 13.2 Å². The lowest BCUT2D eigenvalue weighted by molar-refractivity contribution is 0.337. The van der Waals surface area contributed by atoms with Gasteiger partial charge in [0.2, 0.25) is 0 Å². The summed E-state index contributed by atoms with van der Waals surface area (Å²) in [5, 5.41) is 8.15. The van der Waals surface area contributed by atoms with E-state index in [1.165, 1.54) is 54.1 Å². The molecule has 0 amide bonds. The molecule has 8 rings (SSSR count). The molecule has 0 saturated heterocycles. The number of ether oxygens (including phenoxy) is 2. The minimum absolute atomic E-state index is 0.348. The molecule has 304 valence electrons. The topological polar surface area (TPSA) is 18.5 Å². The molecule has 0 aromatic heterocycles. The number of benzene rings is 8. The summed E-state index contributed by atoms with van der Waals surface area (Å²) in [4.78, 5) is 0. The maximum atomic E-state index is 6.51. The van der Waals surface area contributed by atoms with Crippen molar-refractivity contribution in [1.29, 1.82) is 0 Å². The Hall–Kier alpha value is -5.78. The fraction of sp³-hybridized carbons (Fsp3) is 0.158. The van der Waals surface area contributed by atoms with Crippen LogP contribution < -0.4 is 41.3 Å². The summed E-state index contributed by atoms with van der Waals surface area (Å²) in [6.45, 7) is 10.1. The van der Waals surface area contributed by atoms with Crippen LogP contribution in [0.5, 0.6) is 11.5 Å². The van der Waals surface area contributed by atoms with E-state index in [0.717, 1.165) is 23.8 Å². The summed E-state index contributed by atoms with van der Waals surface area (Å²) >= 11 is 0.